The molecule has 0 unspecified atom stereocenters. The van der Waals surface area contributed by atoms with Crippen molar-refractivity contribution in [3.8, 4) is 0 Å². The maximum atomic E-state index is 11.0. The van der Waals surface area contributed by atoms with Gasteiger partial charge in [0, 0.05) is 42.4 Å². The number of nitrogens with zero attached hydrogens (tertiary/aromatic N) is 1. The van der Waals surface area contributed by atoms with E-state index < -0.39 is 5.91 Å². The van der Waals surface area contributed by atoms with Gasteiger partial charge in [0.25, 0.3) is 5.91 Å². The van der Waals surface area contributed by atoms with Crippen LogP contribution in [0.1, 0.15) is 51.7 Å². The third kappa shape index (κ3) is 8.12. The summed E-state index contributed by atoms with van der Waals surface area (Å²) in [6.45, 7) is 11.1. The van der Waals surface area contributed by atoms with Crippen LogP contribution >= 0.6 is 0 Å². The molecule has 0 saturated heterocycles. The van der Waals surface area contributed by atoms with E-state index in [1.807, 2.05) is 24.3 Å². The molecule has 0 aliphatic heterocycles. The molecule has 28 heavy (non-hydrogen) atoms. The third-order valence-corrected chi connectivity index (χ3v) is 4.38. The molecule has 1 aromatic rings. The first-order chi connectivity index (χ1) is 13.2. The predicted molar refractivity (Wildman–Crippen MR) is 114 cm³/mol. The number of nitrogens with two attached hydrogens (primary N) is 2. The van der Waals surface area contributed by atoms with Gasteiger partial charge in [0.2, 0.25) is 0 Å². The Bertz CT molecular complexity index is 675. The summed E-state index contributed by atoms with van der Waals surface area (Å²) >= 11 is 0. The Labute approximate surface area is 168 Å². The molecule has 0 spiro atoms. The van der Waals surface area contributed by atoms with Crippen molar-refractivity contribution in [3.63, 3.8) is 0 Å². The lowest BCUT2D eigenvalue weighted by Gasteiger charge is -2.27. The van der Waals surface area contributed by atoms with Crippen molar-refractivity contribution < 1.29 is 10.0 Å². The second kappa shape index (κ2) is 11.5. The van der Waals surface area contributed by atoms with E-state index in [9.17, 15) is 4.79 Å². The third-order valence-electron chi connectivity index (χ3n) is 4.38. The minimum atomic E-state index is -0.551. The fraction of sp³-hybridized carbons (Fsp3) is 0.476. The summed E-state index contributed by atoms with van der Waals surface area (Å²) in [6.07, 6.45) is 4.74. The van der Waals surface area contributed by atoms with Gasteiger partial charge in [-0.3, -0.25) is 20.7 Å². The van der Waals surface area contributed by atoms with Crippen molar-refractivity contribution in [2.24, 2.45) is 17.0 Å². The fourth-order valence-corrected chi connectivity index (χ4v) is 2.98. The molecule has 0 saturated carbocycles. The lowest BCUT2D eigenvalue weighted by molar-refractivity contribution is -0.124. The molecule has 7 N–H and O–H groups in total. The lowest BCUT2D eigenvalue weighted by atomic mass is 9.90. The highest BCUT2D eigenvalue weighted by molar-refractivity contribution is 5.90. The largest absolute Gasteiger partial charge is 0.401 e. The molecule has 0 radical (unpaired) electrons. The molecule has 0 aliphatic rings. The summed E-state index contributed by atoms with van der Waals surface area (Å²) in [5, 5.41) is 8.51. The Morgan fingerprint density at radius 1 is 1.21 bits per heavy atom. The van der Waals surface area contributed by atoms with Crippen molar-refractivity contribution in [2.75, 3.05) is 13.1 Å². The molecule has 0 fully saturated rings. The molecular weight excluding hydrogens is 354 g/mol. The summed E-state index contributed by atoms with van der Waals surface area (Å²) in [4.78, 5) is 13.4. The number of rotatable bonds is 10. The van der Waals surface area contributed by atoms with Crippen LogP contribution in [0.25, 0.3) is 6.08 Å². The standard InChI is InChI=1S/C21H35N5O2/c1-5-13-26(14-12-18(22)20(24-23)21(2,3)4)15-17-8-6-16(7-9-17)10-11-19(27)25-28/h6-11,24,28H,5,12-15,22-23H2,1-4H3,(H,25,27)/b11-10+,20-18-. The van der Waals surface area contributed by atoms with Crippen molar-refractivity contribution in [3.05, 3.63) is 52.9 Å². The van der Waals surface area contributed by atoms with Gasteiger partial charge in [0.05, 0.1) is 0 Å². The SMILES string of the molecule is CCCN(CC/C(N)=C(/NN)C(C)(C)C)Cc1ccc(/C=C/C(=O)NO)cc1. The second-order valence-corrected chi connectivity index (χ2v) is 7.87. The van der Waals surface area contributed by atoms with Crippen molar-refractivity contribution in [1.29, 1.82) is 0 Å². The quantitative estimate of drug-likeness (QED) is 0.182. The Hall–Kier alpha value is -2.35. The Morgan fingerprint density at radius 2 is 1.86 bits per heavy atom. The Kier molecular flexibility index (Phi) is 9.72. The maximum Gasteiger partial charge on any atom is 0.267 e. The smallest absolute Gasteiger partial charge is 0.267 e. The highest BCUT2D eigenvalue weighted by Crippen LogP contribution is 2.24. The molecule has 1 aromatic carbocycles. The maximum absolute atomic E-state index is 11.0. The number of hydroxylamine groups is 1. The van der Waals surface area contributed by atoms with E-state index in [1.165, 1.54) is 11.6 Å². The number of hydrazine groups is 1. The zero-order valence-corrected chi connectivity index (χ0v) is 17.5. The van der Waals surface area contributed by atoms with Gasteiger partial charge < -0.3 is 11.2 Å². The Morgan fingerprint density at radius 3 is 2.36 bits per heavy atom. The number of carbonyl (C=O) groups is 1. The van der Waals surface area contributed by atoms with Crippen LogP contribution in [0.5, 0.6) is 0 Å². The zero-order chi connectivity index (χ0) is 21.2. The van der Waals surface area contributed by atoms with Crippen LogP contribution in [-0.4, -0.2) is 29.1 Å². The zero-order valence-electron chi connectivity index (χ0n) is 17.5. The first-order valence-corrected chi connectivity index (χ1v) is 9.60. The minimum Gasteiger partial charge on any atom is -0.401 e. The van der Waals surface area contributed by atoms with Crippen molar-refractivity contribution >= 4 is 12.0 Å². The summed E-state index contributed by atoms with van der Waals surface area (Å²) in [5.74, 6) is 5.12. The average Bonchev–Trinajstić information content (AvgIpc) is 2.64. The van der Waals surface area contributed by atoms with Gasteiger partial charge in [-0.05, 0) is 30.2 Å². The van der Waals surface area contributed by atoms with Gasteiger partial charge >= 0.3 is 0 Å². The second-order valence-electron chi connectivity index (χ2n) is 7.87. The van der Waals surface area contributed by atoms with E-state index in [0.717, 1.165) is 49.4 Å². The molecule has 0 heterocycles. The van der Waals surface area contributed by atoms with Crippen LogP contribution in [0.3, 0.4) is 0 Å². The monoisotopic (exact) mass is 389 g/mol. The first-order valence-electron chi connectivity index (χ1n) is 9.60. The minimum absolute atomic E-state index is 0.120. The van der Waals surface area contributed by atoms with E-state index in [-0.39, 0.29) is 5.41 Å². The van der Waals surface area contributed by atoms with Gasteiger partial charge in [-0.2, -0.15) is 0 Å². The molecular formula is C21H35N5O2. The van der Waals surface area contributed by atoms with Crippen LogP contribution in [0, 0.1) is 5.41 Å². The summed E-state index contributed by atoms with van der Waals surface area (Å²) in [6, 6.07) is 7.98. The molecule has 1 amide bonds. The fourth-order valence-electron chi connectivity index (χ4n) is 2.98. The highest BCUT2D eigenvalue weighted by atomic mass is 16.5. The van der Waals surface area contributed by atoms with Crippen molar-refractivity contribution in [2.45, 2.75) is 47.1 Å². The Balaban J connectivity index is 2.76. The van der Waals surface area contributed by atoms with Gasteiger partial charge in [-0.25, -0.2) is 5.48 Å². The molecule has 1 rings (SSSR count). The van der Waals surface area contributed by atoms with E-state index in [2.05, 4.69) is 38.0 Å². The van der Waals surface area contributed by atoms with Crippen LogP contribution in [-0.2, 0) is 11.3 Å². The molecule has 7 heteroatoms. The number of hydrogen-bond acceptors (Lipinski definition) is 6. The van der Waals surface area contributed by atoms with Crippen molar-refractivity contribution in [1.82, 2.24) is 15.8 Å². The lowest BCUT2D eigenvalue weighted by Crippen LogP contribution is -2.34. The molecule has 0 aliphatic carbocycles. The molecule has 7 nitrogen and oxygen atoms in total. The summed E-state index contributed by atoms with van der Waals surface area (Å²) < 4.78 is 0. The van der Waals surface area contributed by atoms with Crippen LogP contribution in [0.4, 0.5) is 0 Å². The van der Waals surface area contributed by atoms with Crippen LogP contribution in [0.2, 0.25) is 0 Å². The van der Waals surface area contributed by atoms with Crippen LogP contribution < -0.4 is 22.5 Å². The topological polar surface area (TPSA) is 117 Å². The van der Waals surface area contributed by atoms with Gasteiger partial charge in [-0.1, -0.05) is 52.0 Å². The number of hydrogen-bond donors (Lipinski definition) is 5. The highest BCUT2D eigenvalue weighted by Gasteiger charge is 2.19. The van der Waals surface area contributed by atoms with Gasteiger partial charge in [0.1, 0.15) is 0 Å². The van der Waals surface area contributed by atoms with E-state index in [1.54, 1.807) is 11.6 Å². The molecule has 0 aromatic heterocycles. The molecule has 156 valence electrons. The number of allylic oxidation sites excluding steroid dienone is 1. The van der Waals surface area contributed by atoms with E-state index >= 15 is 0 Å². The normalized spacial score (nSPS) is 13.0. The number of benzene rings is 1. The summed E-state index contributed by atoms with van der Waals surface area (Å²) in [5.41, 5.74) is 14.3. The number of amides is 1. The average molecular weight is 390 g/mol. The number of nitrogens with one attached hydrogen (secondary N) is 2. The van der Waals surface area contributed by atoms with Gasteiger partial charge in [-0.15, -0.1) is 0 Å². The van der Waals surface area contributed by atoms with E-state index in [0.29, 0.717) is 0 Å². The van der Waals surface area contributed by atoms with Gasteiger partial charge in [0.15, 0.2) is 0 Å². The molecule has 0 bridgehead atoms. The summed E-state index contributed by atoms with van der Waals surface area (Å²) in [7, 11) is 0. The first kappa shape index (κ1) is 23.7. The predicted octanol–water partition coefficient (Wildman–Crippen LogP) is 2.49. The van der Waals surface area contributed by atoms with E-state index in [4.69, 9.17) is 16.8 Å². The number of carbonyl (C=O) groups excluding carboxylic acids is 1. The van der Waals surface area contributed by atoms with Crippen LogP contribution in [0.15, 0.2) is 41.7 Å². The molecule has 0 atom stereocenters.